The normalized spacial score (nSPS) is 18.9. The molecule has 3 rings (SSSR count). The Morgan fingerprint density at radius 1 is 1.07 bits per heavy atom. The monoisotopic (exact) mass is 451 g/mol. The molecule has 1 amide bonds. The van der Waals surface area contributed by atoms with E-state index in [1.807, 2.05) is 46.0 Å². The largest absolute Gasteiger partial charge is 0.444 e. The molecular weight excluding hydrogens is 425 g/mol. The molecule has 0 fully saturated rings. The predicted octanol–water partition coefficient (Wildman–Crippen LogP) is 7.55. The first-order valence-electron chi connectivity index (χ1n) is 9.69. The zero-order valence-electron chi connectivity index (χ0n) is 17.5. The smallest absolute Gasteiger partial charge is 0.410 e. The van der Waals surface area contributed by atoms with E-state index < -0.39 is 5.60 Å². The van der Waals surface area contributed by atoms with Gasteiger partial charge in [0, 0.05) is 17.9 Å². The number of halogens is 2. The first kappa shape index (κ1) is 22.3. The van der Waals surface area contributed by atoms with Gasteiger partial charge in [0.2, 0.25) is 0 Å². The van der Waals surface area contributed by atoms with Crippen LogP contribution in [0.2, 0.25) is 10.0 Å². The van der Waals surface area contributed by atoms with Gasteiger partial charge in [-0.15, -0.1) is 11.8 Å². The van der Waals surface area contributed by atoms with Crippen molar-refractivity contribution in [3.63, 3.8) is 0 Å². The number of hydrogen-bond acceptors (Lipinski definition) is 3. The Balaban J connectivity index is 1.99. The summed E-state index contributed by atoms with van der Waals surface area (Å²) in [5, 5.41) is 1.13. The highest BCUT2D eigenvalue weighted by Crippen LogP contribution is 2.45. The van der Waals surface area contributed by atoms with Gasteiger partial charge in [0.05, 0.1) is 16.1 Å². The van der Waals surface area contributed by atoms with Crippen LogP contribution in [0, 0.1) is 0 Å². The van der Waals surface area contributed by atoms with Crippen LogP contribution in [-0.2, 0) is 4.74 Å². The van der Waals surface area contributed by atoms with Gasteiger partial charge in [-0.25, -0.2) is 4.79 Å². The van der Waals surface area contributed by atoms with Gasteiger partial charge >= 0.3 is 6.09 Å². The third kappa shape index (κ3) is 5.04. The summed E-state index contributed by atoms with van der Waals surface area (Å²) < 4.78 is 5.60. The van der Waals surface area contributed by atoms with Crippen LogP contribution in [0.25, 0.3) is 0 Å². The predicted molar refractivity (Wildman–Crippen MR) is 123 cm³/mol. The zero-order valence-corrected chi connectivity index (χ0v) is 19.8. The molecule has 0 unspecified atom stereocenters. The lowest BCUT2D eigenvalue weighted by atomic mass is 9.76. The van der Waals surface area contributed by atoms with Crippen molar-refractivity contribution in [1.29, 1.82) is 0 Å². The molecule has 0 N–H and O–H groups in total. The Morgan fingerprint density at radius 3 is 2.41 bits per heavy atom. The van der Waals surface area contributed by atoms with Crippen LogP contribution in [0.3, 0.4) is 0 Å². The molecule has 0 bridgehead atoms. The van der Waals surface area contributed by atoms with Gasteiger partial charge in [-0.05, 0) is 80.8 Å². The number of nitrogens with zero attached hydrogens (tertiary/aromatic N) is 1. The van der Waals surface area contributed by atoms with Crippen LogP contribution in [0.4, 0.5) is 4.79 Å². The average Bonchev–Trinajstić information content (AvgIpc) is 2.67. The highest BCUT2D eigenvalue weighted by Gasteiger charge is 2.34. The maximum atomic E-state index is 12.7. The summed E-state index contributed by atoms with van der Waals surface area (Å²) in [5.41, 5.74) is 3.03. The number of benzene rings is 2. The molecule has 1 aliphatic carbocycles. The Hall–Kier alpha value is -1.36. The average molecular weight is 452 g/mol. The number of rotatable bonds is 3. The highest BCUT2D eigenvalue weighted by molar-refractivity contribution is 7.98. The van der Waals surface area contributed by atoms with Gasteiger partial charge in [0.15, 0.2) is 0 Å². The minimum Gasteiger partial charge on any atom is -0.444 e. The molecule has 0 heterocycles. The second-order valence-corrected chi connectivity index (χ2v) is 10.1. The van der Waals surface area contributed by atoms with Gasteiger partial charge in [-0.3, -0.25) is 0 Å². The third-order valence-corrected chi connectivity index (χ3v) is 6.72. The lowest BCUT2D eigenvalue weighted by molar-refractivity contribution is 0.0202. The third-order valence-electron chi connectivity index (χ3n) is 5.25. The zero-order chi connectivity index (χ0) is 21.3. The van der Waals surface area contributed by atoms with E-state index >= 15 is 0 Å². The van der Waals surface area contributed by atoms with Crippen LogP contribution in [0.5, 0.6) is 0 Å². The van der Waals surface area contributed by atoms with Crippen LogP contribution in [-0.4, -0.2) is 29.9 Å². The quantitative estimate of drug-likeness (QED) is 0.451. The summed E-state index contributed by atoms with van der Waals surface area (Å²) in [7, 11) is 1.82. The summed E-state index contributed by atoms with van der Waals surface area (Å²) >= 11 is 14.1. The van der Waals surface area contributed by atoms with Crippen molar-refractivity contribution in [3.05, 3.63) is 63.1 Å². The van der Waals surface area contributed by atoms with Crippen LogP contribution < -0.4 is 0 Å². The first-order chi connectivity index (χ1) is 13.6. The molecule has 0 spiro atoms. The second-order valence-electron chi connectivity index (χ2n) is 8.41. The van der Waals surface area contributed by atoms with E-state index in [4.69, 9.17) is 27.9 Å². The van der Waals surface area contributed by atoms with Crippen molar-refractivity contribution in [1.82, 2.24) is 4.90 Å². The van der Waals surface area contributed by atoms with Crippen molar-refractivity contribution in [2.24, 2.45) is 0 Å². The SMILES string of the molecule is CSc1ccc2c(c1)[C@H](c1ccc(Cl)c(Cl)c1)CC[C@@H]2N(C)C(=O)OC(C)(C)C. The fourth-order valence-corrected chi connectivity index (χ4v) is 4.61. The summed E-state index contributed by atoms with van der Waals surface area (Å²) in [6.45, 7) is 5.66. The Kier molecular flexibility index (Phi) is 6.77. The number of thioether (sulfide) groups is 1. The van der Waals surface area contributed by atoms with E-state index in [1.54, 1.807) is 16.7 Å². The summed E-state index contributed by atoms with van der Waals surface area (Å²) in [6.07, 6.45) is 3.55. The number of hydrogen-bond donors (Lipinski definition) is 0. The van der Waals surface area contributed by atoms with Gasteiger partial charge < -0.3 is 9.64 Å². The number of amides is 1. The van der Waals surface area contributed by atoms with E-state index in [1.165, 1.54) is 16.0 Å². The standard InChI is InChI=1S/C23H27Cl2NO2S/c1-23(2,3)28-22(27)26(4)21-11-9-16(14-6-10-19(24)20(25)12-14)18-13-15(29-5)7-8-17(18)21/h6-8,10,12-13,16,21H,9,11H2,1-5H3/t16-,21-/m0/s1. The molecule has 0 aromatic heterocycles. The Morgan fingerprint density at radius 2 is 1.79 bits per heavy atom. The summed E-state index contributed by atoms with van der Waals surface area (Å²) in [5.74, 6) is 0.218. The molecule has 29 heavy (non-hydrogen) atoms. The fourth-order valence-electron chi connectivity index (χ4n) is 3.86. The van der Waals surface area contributed by atoms with Gasteiger partial charge in [-0.2, -0.15) is 0 Å². The fraction of sp³-hybridized carbons (Fsp3) is 0.435. The molecule has 156 valence electrons. The Labute approximate surface area is 187 Å². The molecule has 0 saturated heterocycles. The van der Waals surface area contributed by atoms with Crippen molar-refractivity contribution in [2.45, 2.75) is 56.1 Å². The number of carbonyl (C=O) groups excluding carboxylic acids is 1. The molecule has 3 nitrogen and oxygen atoms in total. The molecule has 2 aromatic rings. The van der Waals surface area contributed by atoms with E-state index in [-0.39, 0.29) is 18.1 Å². The number of carbonyl (C=O) groups is 1. The molecule has 2 aromatic carbocycles. The number of ether oxygens (including phenoxy) is 1. The van der Waals surface area contributed by atoms with Crippen LogP contribution in [0.1, 0.15) is 62.3 Å². The van der Waals surface area contributed by atoms with Gasteiger partial charge in [-0.1, -0.05) is 35.3 Å². The molecule has 6 heteroatoms. The number of fused-ring (bicyclic) bond motifs is 1. The topological polar surface area (TPSA) is 29.5 Å². The van der Waals surface area contributed by atoms with E-state index in [2.05, 4.69) is 24.5 Å². The van der Waals surface area contributed by atoms with E-state index in [9.17, 15) is 4.79 Å². The molecular formula is C23H27Cl2NO2S. The van der Waals surface area contributed by atoms with Crippen molar-refractivity contribution >= 4 is 41.1 Å². The second kappa shape index (κ2) is 8.79. The Bertz CT molecular complexity index is 910. The molecule has 0 radical (unpaired) electrons. The maximum absolute atomic E-state index is 12.7. The molecule has 0 saturated carbocycles. The molecule has 1 aliphatic rings. The summed E-state index contributed by atoms with van der Waals surface area (Å²) in [4.78, 5) is 15.6. The summed E-state index contributed by atoms with van der Waals surface area (Å²) in [6, 6.07) is 12.4. The first-order valence-corrected chi connectivity index (χ1v) is 11.7. The van der Waals surface area contributed by atoms with E-state index in [0.717, 1.165) is 18.4 Å². The lowest BCUT2D eigenvalue weighted by Crippen LogP contribution is -2.38. The highest BCUT2D eigenvalue weighted by atomic mass is 35.5. The van der Waals surface area contributed by atoms with Crippen molar-refractivity contribution in [2.75, 3.05) is 13.3 Å². The van der Waals surface area contributed by atoms with Gasteiger partial charge in [0.1, 0.15) is 5.60 Å². The molecule has 2 atom stereocenters. The van der Waals surface area contributed by atoms with Crippen molar-refractivity contribution < 1.29 is 9.53 Å². The van der Waals surface area contributed by atoms with Crippen LogP contribution in [0.15, 0.2) is 41.3 Å². The maximum Gasteiger partial charge on any atom is 0.410 e. The molecule has 0 aliphatic heterocycles. The minimum absolute atomic E-state index is 0.0187. The van der Waals surface area contributed by atoms with Crippen LogP contribution >= 0.6 is 35.0 Å². The lowest BCUT2D eigenvalue weighted by Gasteiger charge is -2.38. The van der Waals surface area contributed by atoms with E-state index in [0.29, 0.717) is 10.0 Å². The van der Waals surface area contributed by atoms with Gasteiger partial charge in [0.25, 0.3) is 0 Å². The van der Waals surface area contributed by atoms with Crippen molar-refractivity contribution in [3.8, 4) is 0 Å². The minimum atomic E-state index is -0.520.